The fourth-order valence-electron chi connectivity index (χ4n) is 4.84. The number of benzene rings is 5. The minimum Gasteiger partial charge on any atom is -0.494 e. The molecule has 0 aliphatic rings. The Kier molecular flexibility index (Phi) is 12.2. The van der Waals surface area contributed by atoms with Crippen molar-refractivity contribution in [2.45, 2.75) is 24.0 Å². The van der Waals surface area contributed by atoms with Gasteiger partial charge in [-0.2, -0.15) is 0 Å². The van der Waals surface area contributed by atoms with Gasteiger partial charge in [-0.1, -0.05) is 60.7 Å². The fourth-order valence-corrected chi connectivity index (χ4v) is 5.86. The third-order valence-electron chi connectivity index (χ3n) is 7.21. The molecule has 0 saturated carbocycles. The van der Waals surface area contributed by atoms with Gasteiger partial charge in [0.25, 0.3) is 11.8 Å². The van der Waals surface area contributed by atoms with Gasteiger partial charge in [-0.05, 0) is 96.9 Å². The SMILES string of the molecule is CCOc1ccc(/C=C(\NC(=O)c2ccccc2)C(=O)Nc2ccc(SC(C(=O)Nc3ccc(NC(C)=O)cc3)c3ccccc3)cc2)cc1. The molecule has 5 aromatic carbocycles. The number of hydrogen-bond acceptors (Lipinski definition) is 6. The number of carbonyl (C=O) groups is 4. The second-order valence-electron chi connectivity index (χ2n) is 11.0. The van der Waals surface area contributed by atoms with E-state index in [1.165, 1.54) is 18.7 Å². The summed E-state index contributed by atoms with van der Waals surface area (Å²) in [4.78, 5) is 52.3. The molecule has 0 aliphatic carbocycles. The largest absolute Gasteiger partial charge is 0.494 e. The summed E-state index contributed by atoms with van der Waals surface area (Å²) in [5.74, 6) is -0.618. The Morgan fingerprint density at radius 3 is 1.84 bits per heavy atom. The molecule has 1 atom stereocenters. The molecule has 0 fully saturated rings. The zero-order valence-electron chi connectivity index (χ0n) is 27.5. The molecule has 0 radical (unpaired) electrons. The highest BCUT2D eigenvalue weighted by Crippen LogP contribution is 2.37. The maximum Gasteiger partial charge on any atom is 0.272 e. The molecule has 4 amide bonds. The normalized spacial score (nSPS) is 11.5. The molecule has 10 heteroatoms. The molecule has 0 heterocycles. The van der Waals surface area contributed by atoms with Crippen molar-refractivity contribution in [2.24, 2.45) is 0 Å². The predicted molar refractivity (Wildman–Crippen MR) is 199 cm³/mol. The van der Waals surface area contributed by atoms with Gasteiger partial charge in [0.1, 0.15) is 16.7 Å². The van der Waals surface area contributed by atoms with Crippen LogP contribution < -0.4 is 26.0 Å². The first-order valence-corrected chi connectivity index (χ1v) is 16.8. The lowest BCUT2D eigenvalue weighted by atomic mass is 10.1. The van der Waals surface area contributed by atoms with Crippen LogP contribution in [0.25, 0.3) is 6.08 Å². The molecule has 0 spiro atoms. The van der Waals surface area contributed by atoms with Gasteiger partial charge in [-0.15, -0.1) is 11.8 Å². The van der Waals surface area contributed by atoms with Gasteiger partial charge in [0.05, 0.1) is 6.61 Å². The fraction of sp³-hybridized carbons (Fsp3) is 0.100. The van der Waals surface area contributed by atoms with Crippen molar-refractivity contribution in [1.82, 2.24) is 5.32 Å². The van der Waals surface area contributed by atoms with Gasteiger partial charge in [0.2, 0.25) is 11.8 Å². The van der Waals surface area contributed by atoms with Gasteiger partial charge in [-0.25, -0.2) is 0 Å². The second kappa shape index (κ2) is 17.3. The average Bonchev–Trinajstić information content (AvgIpc) is 3.13. The summed E-state index contributed by atoms with van der Waals surface area (Å²) < 4.78 is 5.52. The van der Waals surface area contributed by atoms with Crippen LogP contribution in [-0.2, 0) is 14.4 Å². The van der Waals surface area contributed by atoms with Crippen molar-refractivity contribution in [1.29, 1.82) is 0 Å². The van der Waals surface area contributed by atoms with E-state index < -0.39 is 17.1 Å². The van der Waals surface area contributed by atoms with Crippen LogP contribution in [0.4, 0.5) is 17.1 Å². The molecule has 0 saturated heterocycles. The maximum atomic E-state index is 13.6. The summed E-state index contributed by atoms with van der Waals surface area (Å²) in [6.07, 6.45) is 1.60. The van der Waals surface area contributed by atoms with Gasteiger partial charge >= 0.3 is 0 Å². The summed E-state index contributed by atoms with van der Waals surface area (Å²) >= 11 is 1.37. The summed E-state index contributed by atoms with van der Waals surface area (Å²) in [5, 5.41) is 10.7. The van der Waals surface area contributed by atoms with Gasteiger partial charge in [0.15, 0.2) is 0 Å². The van der Waals surface area contributed by atoms with E-state index in [0.717, 1.165) is 10.5 Å². The molecule has 252 valence electrons. The zero-order valence-corrected chi connectivity index (χ0v) is 28.3. The van der Waals surface area contributed by atoms with E-state index in [0.29, 0.717) is 40.5 Å². The summed E-state index contributed by atoms with van der Waals surface area (Å²) in [6.45, 7) is 3.87. The highest BCUT2D eigenvalue weighted by atomic mass is 32.2. The van der Waals surface area contributed by atoms with Crippen LogP contribution in [-0.4, -0.2) is 30.2 Å². The first-order valence-electron chi connectivity index (χ1n) is 15.9. The van der Waals surface area contributed by atoms with E-state index in [4.69, 9.17) is 4.74 Å². The van der Waals surface area contributed by atoms with Crippen LogP contribution in [0.5, 0.6) is 5.75 Å². The number of amides is 4. The van der Waals surface area contributed by atoms with Crippen molar-refractivity contribution < 1.29 is 23.9 Å². The summed E-state index contributed by atoms with van der Waals surface area (Å²) in [7, 11) is 0. The summed E-state index contributed by atoms with van der Waals surface area (Å²) in [5.41, 5.74) is 3.73. The summed E-state index contributed by atoms with van der Waals surface area (Å²) in [6, 6.07) is 39.4. The van der Waals surface area contributed by atoms with Crippen LogP contribution in [0.1, 0.15) is 40.6 Å². The Balaban J connectivity index is 1.31. The van der Waals surface area contributed by atoms with Crippen LogP contribution >= 0.6 is 11.8 Å². The Morgan fingerprint density at radius 2 is 1.24 bits per heavy atom. The molecular weight excluding hydrogens is 649 g/mol. The van der Waals surface area contributed by atoms with E-state index in [1.807, 2.05) is 55.5 Å². The number of carbonyl (C=O) groups excluding carboxylic acids is 4. The first-order chi connectivity index (χ1) is 24.3. The minimum atomic E-state index is -0.580. The average molecular weight is 685 g/mol. The predicted octanol–water partition coefficient (Wildman–Crippen LogP) is 7.93. The molecule has 0 bridgehead atoms. The van der Waals surface area contributed by atoms with E-state index in [-0.39, 0.29) is 17.5 Å². The van der Waals surface area contributed by atoms with E-state index >= 15 is 0 Å². The molecular formula is C40H36N4O5S. The van der Waals surface area contributed by atoms with Crippen molar-refractivity contribution in [3.63, 3.8) is 0 Å². The lowest BCUT2D eigenvalue weighted by Crippen LogP contribution is -2.30. The van der Waals surface area contributed by atoms with E-state index in [1.54, 1.807) is 91.0 Å². The van der Waals surface area contributed by atoms with Gasteiger partial charge in [0, 0.05) is 34.4 Å². The molecule has 50 heavy (non-hydrogen) atoms. The molecule has 5 rings (SSSR count). The number of ether oxygens (including phenoxy) is 1. The van der Waals surface area contributed by atoms with Gasteiger partial charge < -0.3 is 26.0 Å². The third kappa shape index (κ3) is 10.2. The van der Waals surface area contributed by atoms with Crippen LogP contribution in [0.15, 0.2) is 144 Å². The topological polar surface area (TPSA) is 126 Å². The van der Waals surface area contributed by atoms with Crippen molar-refractivity contribution in [3.8, 4) is 5.75 Å². The lowest BCUT2D eigenvalue weighted by molar-refractivity contribution is -0.116. The molecule has 0 aromatic heterocycles. The van der Waals surface area contributed by atoms with E-state index in [9.17, 15) is 19.2 Å². The number of anilines is 3. The molecule has 4 N–H and O–H groups in total. The highest BCUT2D eigenvalue weighted by Gasteiger charge is 2.23. The highest BCUT2D eigenvalue weighted by molar-refractivity contribution is 8.00. The Bertz CT molecular complexity index is 1950. The quantitative estimate of drug-likeness (QED) is 0.0738. The smallest absolute Gasteiger partial charge is 0.272 e. The van der Waals surface area contributed by atoms with Crippen LogP contribution in [0.2, 0.25) is 0 Å². The number of nitrogens with one attached hydrogen (secondary N) is 4. The Hall–Kier alpha value is -6.13. The maximum absolute atomic E-state index is 13.6. The second-order valence-corrected chi connectivity index (χ2v) is 12.2. The first kappa shape index (κ1) is 35.2. The van der Waals surface area contributed by atoms with Crippen LogP contribution in [0.3, 0.4) is 0 Å². The van der Waals surface area contributed by atoms with Crippen molar-refractivity contribution in [2.75, 3.05) is 22.6 Å². The van der Waals surface area contributed by atoms with Crippen LogP contribution in [0, 0.1) is 0 Å². The Morgan fingerprint density at radius 1 is 0.680 bits per heavy atom. The standard InChI is InChI=1S/C40H36N4O5S/c1-3-49-34-22-14-28(15-23-34)26-36(44-38(46)30-12-8-5-9-13-30)39(47)42-33-20-24-35(25-21-33)50-37(29-10-6-4-7-11-29)40(48)43-32-18-16-31(17-19-32)41-27(2)45/h4-26,37H,3H2,1-2H3,(H,41,45)(H,42,47)(H,43,48)(H,44,46)/b36-26-. The zero-order chi connectivity index (χ0) is 35.3. The van der Waals surface area contributed by atoms with Crippen molar-refractivity contribution >= 4 is 58.5 Å². The molecule has 0 aliphatic heterocycles. The van der Waals surface area contributed by atoms with Crippen molar-refractivity contribution in [3.05, 3.63) is 156 Å². The number of thioether (sulfide) groups is 1. The van der Waals surface area contributed by atoms with E-state index in [2.05, 4.69) is 21.3 Å². The number of hydrogen-bond donors (Lipinski definition) is 4. The van der Waals surface area contributed by atoms with Gasteiger partial charge in [-0.3, -0.25) is 19.2 Å². The Labute approximate surface area is 295 Å². The molecule has 5 aromatic rings. The minimum absolute atomic E-state index is 0.0624. The monoisotopic (exact) mass is 684 g/mol. The third-order valence-corrected chi connectivity index (χ3v) is 8.48. The number of rotatable bonds is 13. The molecule has 9 nitrogen and oxygen atoms in total. The lowest BCUT2D eigenvalue weighted by Gasteiger charge is -2.18. The molecule has 1 unspecified atom stereocenters.